The van der Waals surface area contributed by atoms with Crippen LogP contribution in [0.3, 0.4) is 0 Å². The van der Waals surface area contributed by atoms with Crippen molar-refractivity contribution < 1.29 is 4.74 Å². The van der Waals surface area contributed by atoms with Gasteiger partial charge in [-0.05, 0) is 41.7 Å². The van der Waals surface area contributed by atoms with E-state index >= 15 is 0 Å². The van der Waals surface area contributed by atoms with E-state index in [-0.39, 0.29) is 11.5 Å². The molecular weight excluding hydrogens is 270 g/mol. The Bertz CT molecular complexity index is 601. The molecule has 2 aromatic rings. The standard InChI is InChI=1S/C15H21N3OS/c1-9-8-10(19-5)6-7-11(9)12(16)13-14(15(2,3)4)17-18-20-13/h6-8,12H,16H2,1-5H3. The van der Waals surface area contributed by atoms with Crippen molar-refractivity contribution in [2.24, 2.45) is 5.73 Å². The normalized spacial score (nSPS) is 13.3. The average molecular weight is 291 g/mol. The zero-order chi connectivity index (χ0) is 14.9. The molecule has 1 aromatic carbocycles. The second-order valence-electron chi connectivity index (χ2n) is 5.94. The van der Waals surface area contributed by atoms with Gasteiger partial charge in [0, 0.05) is 5.41 Å². The van der Waals surface area contributed by atoms with Gasteiger partial charge in [0.1, 0.15) is 5.75 Å². The number of benzene rings is 1. The lowest BCUT2D eigenvalue weighted by Gasteiger charge is -2.20. The number of hydrogen-bond donors (Lipinski definition) is 1. The van der Waals surface area contributed by atoms with Crippen LogP contribution in [0.15, 0.2) is 18.2 Å². The number of hydrogen-bond acceptors (Lipinski definition) is 5. The summed E-state index contributed by atoms with van der Waals surface area (Å²) in [5.74, 6) is 0.844. The van der Waals surface area contributed by atoms with E-state index in [0.717, 1.165) is 27.4 Å². The van der Waals surface area contributed by atoms with E-state index in [1.165, 1.54) is 11.5 Å². The summed E-state index contributed by atoms with van der Waals surface area (Å²) >= 11 is 1.38. The molecule has 0 fully saturated rings. The maximum absolute atomic E-state index is 6.44. The lowest BCUT2D eigenvalue weighted by molar-refractivity contribution is 0.414. The largest absolute Gasteiger partial charge is 0.497 e. The Morgan fingerprint density at radius 3 is 2.55 bits per heavy atom. The zero-order valence-electron chi connectivity index (χ0n) is 12.6. The van der Waals surface area contributed by atoms with Crippen LogP contribution >= 0.6 is 11.5 Å². The summed E-state index contributed by atoms with van der Waals surface area (Å²) in [5, 5.41) is 4.26. The summed E-state index contributed by atoms with van der Waals surface area (Å²) in [6.07, 6.45) is 0. The van der Waals surface area contributed by atoms with Crippen molar-refractivity contribution in [1.82, 2.24) is 9.59 Å². The quantitative estimate of drug-likeness (QED) is 0.943. The van der Waals surface area contributed by atoms with Gasteiger partial charge in [-0.3, -0.25) is 0 Å². The molecule has 0 aliphatic carbocycles. The second-order valence-corrected chi connectivity index (χ2v) is 6.72. The molecule has 1 heterocycles. The molecule has 108 valence electrons. The summed E-state index contributed by atoms with van der Waals surface area (Å²) in [6, 6.07) is 5.76. The molecule has 0 aliphatic heterocycles. The zero-order valence-corrected chi connectivity index (χ0v) is 13.4. The molecule has 4 nitrogen and oxygen atoms in total. The third-order valence-corrected chi connectivity index (χ3v) is 4.13. The average Bonchev–Trinajstić information content (AvgIpc) is 2.86. The lowest BCUT2D eigenvalue weighted by atomic mass is 9.88. The van der Waals surface area contributed by atoms with Gasteiger partial charge in [-0.15, -0.1) is 5.10 Å². The van der Waals surface area contributed by atoms with Crippen LogP contribution in [0.4, 0.5) is 0 Å². The molecule has 1 atom stereocenters. The maximum Gasteiger partial charge on any atom is 0.119 e. The van der Waals surface area contributed by atoms with Crippen molar-refractivity contribution in [3.63, 3.8) is 0 Å². The van der Waals surface area contributed by atoms with E-state index in [0.29, 0.717) is 0 Å². The van der Waals surface area contributed by atoms with Crippen LogP contribution in [-0.2, 0) is 5.41 Å². The molecule has 0 amide bonds. The highest BCUT2D eigenvalue weighted by molar-refractivity contribution is 7.05. The van der Waals surface area contributed by atoms with Gasteiger partial charge in [0.25, 0.3) is 0 Å². The Morgan fingerprint density at radius 2 is 2.00 bits per heavy atom. The fourth-order valence-electron chi connectivity index (χ4n) is 2.19. The van der Waals surface area contributed by atoms with Crippen LogP contribution in [-0.4, -0.2) is 16.7 Å². The lowest BCUT2D eigenvalue weighted by Crippen LogP contribution is -2.20. The number of aromatic nitrogens is 2. The summed E-state index contributed by atoms with van der Waals surface area (Å²) in [5.41, 5.74) is 9.56. The van der Waals surface area contributed by atoms with E-state index < -0.39 is 0 Å². The topological polar surface area (TPSA) is 61.0 Å². The predicted octanol–water partition coefficient (Wildman–Crippen LogP) is 3.20. The van der Waals surface area contributed by atoms with Gasteiger partial charge in [-0.1, -0.05) is 31.3 Å². The summed E-state index contributed by atoms with van der Waals surface area (Å²) < 4.78 is 9.32. The van der Waals surface area contributed by atoms with E-state index in [1.54, 1.807) is 7.11 Å². The van der Waals surface area contributed by atoms with Crippen molar-refractivity contribution in [2.45, 2.75) is 39.2 Å². The third-order valence-electron chi connectivity index (χ3n) is 3.32. The number of ether oxygens (including phenoxy) is 1. The SMILES string of the molecule is COc1ccc(C(N)c2snnc2C(C)(C)C)c(C)c1. The number of nitrogens with zero attached hydrogens (tertiary/aromatic N) is 2. The number of nitrogens with two attached hydrogens (primary N) is 1. The van der Waals surface area contributed by atoms with Crippen molar-refractivity contribution in [1.29, 1.82) is 0 Å². The van der Waals surface area contributed by atoms with Crippen molar-refractivity contribution in [3.8, 4) is 5.75 Å². The van der Waals surface area contributed by atoms with Gasteiger partial charge in [-0.2, -0.15) is 0 Å². The van der Waals surface area contributed by atoms with Crippen LogP contribution < -0.4 is 10.5 Å². The molecule has 1 aromatic heterocycles. The molecule has 2 N–H and O–H groups in total. The fourth-order valence-corrected chi connectivity index (χ4v) is 3.07. The van der Waals surface area contributed by atoms with E-state index in [4.69, 9.17) is 10.5 Å². The van der Waals surface area contributed by atoms with E-state index in [9.17, 15) is 0 Å². The minimum absolute atomic E-state index is 0.0552. The van der Waals surface area contributed by atoms with Crippen LogP contribution in [0.1, 0.15) is 48.5 Å². The van der Waals surface area contributed by atoms with Gasteiger partial charge in [0.05, 0.1) is 23.7 Å². The van der Waals surface area contributed by atoms with Crippen molar-refractivity contribution in [2.75, 3.05) is 7.11 Å². The molecule has 0 bridgehead atoms. The van der Waals surface area contributed by atoms with Crippen LogP contribution in [0.2, 0.25) is 0 Å². The summed E-state index contributed by atoms with van der Waals surface area (Å²) in [7, 11) is 1.67. The Hall–Kier alpha value is -1.46. The first-order chi connectivity index (χ1) is 9.34. The van der Waals surface area contributed by atoms with E-state index in [1.807, 2.05) is 25.1 Å². The highest BCUT2D eigenvalue weighted by Gasteiger charge is 2.26. The third kappa shape index (κ3) is 2.83. The summed E-state index contributed by atoms with van der Waals surface area (Å²) in [4.78, 5) is 1.03. The van der Waals surface area contributed by atoms with Gasteiger partial charge < -0.3 is 10.5 Å². The second kappa shape index (κ2) is 5.50. The Kier molecular flexibility index (Phi) is 4.11. The van der Waals surface area contributed by atoms with Crippen LogP contribution in [0.5, 0.6) is 5.75 Å². The molecule has 2 rings (SSSR count). The molecule has 0 aliphatic rings. The fraction of sp³-hybridized carbons (Fsp3) is 0.467. The summed E-state index contributed by atoms with van der Waals surface area (Å²) in [6.45, 7) is 8.42. The van der Waals surface area contributed by atoms with Gasteiger partial charge in [0.2, 0.25) is 0 Å². The molecule has 0 spiro atoms. The molecule has 5 heteroatoms. The molecule has 0 radical (unpaired) electrons. The van der Waals surface area contributed by atoms with Crippen molar-refractivity contribution >= 4 is 11.5 Å². The van der Waals surface area contributed by atoms with Gasteiger partial charge in [0.15, 0.2) is 0 Å². The van der Waals surface area contributed by atoms with E-state index in [2.05, 4.69) is 30.4 Å². The predicted molar refractivity (Wildman–Crippen MR) is 82.4 cm³/mol. The van der Waals surface area contributed by atoms with Crippen LogP contribution in [0, 0.1) is 6.92 Å². The first-order valence-electron chi connectivity index (χ1n) is 6.57. The first kappa shape index (κ1) is 14.9. The van der Waals surface area contributed by atoms with Crippen LogP contribution in [0.25, 0.3) is 0 Å². The van der Waals surface area contributed by atoms with Gasteiger partial charge >= 0.3 is 0 Å². The van der Waals surface area contributed by atoms with Crippen molar-refractivity contribution in [3.05, 3.63) is 39.9 Å². The smallest absolute Gasteiger partial charge is 0.119 e. The van der Waals surface area contributed by atoms with Gasteiger partial charge in [-0.25, -0.2) is 0 Å². The molecule has 0 saturated carbocycles. The highest BCUT2D eigenvalue weighted by Crippen LogP contribution is 2.34. The Labute approximate surface area is 124 Å². The molecular formula is C15H21N3OS. The molecule has 1 unspecified atom stereocenters. The highest BCUT2D eigenvalue weighted by atomic mass is 32.1. The number of rotatable bonds is 3. The molecule has 20 heavy (non-hydrogen) atoms. The minimum Gasteiger partial charge on any atom is -0.497 e. The number of methoxy groups -OCH3 is 1. The monoisotopic (exact) mass is 291 g/mol. The number of aryl methyl sites for hydroxylation is 1. The Balaban J connectivity index is 2.42. The first-order valence-corrected chi connectivity index (χ1v) is 7.34. The molecule has 0 saturated heterocycles. The minimum atomic E-state index is -0.199. The maximum atomic E-state index is 6.44. The Morgan fingerprint density at radius 1 is 1.30 bits per heavy atom.